The molecule has 1 saturated heterocycles. The highest BCUT2D eigenvalue weighted by Gasteiger charge is 2.32. The maximum absolute atomic E-state index is 5.40. The Bertz CT molecular complexity index is 357. The Morgan fingerprint density at radius 3 is 2.83 bits per heavy atom. The van der Waals surface area contributed by atoms with E-state index in [1.165, 1.54) is 11.5 Å². The Balaban J connectivity index is 1.92. The molecule has 102 valence electrons. The van der Waals surface area contributed by atoms with Gasteiger partial charge in [-0.2, -0.15) is 4.37 Å². The lowest BCUT2D eigenvalue weighted by Crippen LogP contribution is -2.44. The lowest BCUT2D eigenvalue weighted by molar-refractivity contribution is 0.0636. The molecule has 0 spiro atoms. The Kier molecular flexibility index (Phi) is 4.91. The van der Waals surface area contributed by atoms with Crippen LogP contribution < -0.4 is 10.6 Å². The summed E-state index contributed by atoms with van der Waals surface area (Å²) in [6.07, 6.45) is 3.19. The SMILES string of the molecule is CCc1nsc(NCC2(COC)CCNCC2)n1. The van der Waals surface area contributed by atoms with E-state index in [9.17, 15) is 0 Å². The maximum Gasteiger partial charge on any atom is 0.202 e. The first-order chi connectivity index (χ1) is 8.78. The summed E-state index contributed by atoms with van der Waals surface area (Å²) in [5, 5.41) is 7.76. The van der Waals surface area contributed by atoms with Crippen molar-refractivity contribution in [2.75, 3.05) is 38.7 Å². The fourth-order valence-electron chi connectivity index (χ4n) is 2.37. The van der Waals surface area contributed by atoms with Crippen molar-refractivity contribution in [3.05, 3.63) is 5.82 Å². The first-order valence-electron chi connectivity index (χ1n) is 6.54. The van der Waals surface area contributed by atoms with E-state index in [4.69, 9.17) is 4.74 Å². The van der Waals surface area contributed by atoms with E-state index in [2.05, 4.69) is 26.9 Å². The minimum atomic E-state index is 0.234. The van der Waals surface area contributed by atoms with Crippen molar-refractivity contribution in [1.82, 2.24) is 14.7 Å². The summed E-state index contributed by atoms with van der Waals surface area (Å²) >= 11 is 1.45. The van der Waals surface area contributed by atoms with Gasteiger partial charge in [0.05, 0.1) is 6.61 Å². The fourth-order valence-corrected chi connectivity index (χ4v) is 3.01. The van der Waals surface area contributed by atoms with E-state index >= 15 is 0 Å². The van der Waals surface area contributed by atoms with Crippen LogP contribution in [0.1, 0.15) is 25.6 Å². The number of methoxy groups -OCH3 is 1. The number of nitrogens with zero attached hydrogens (tertiary/aromatic N) is 2. The number of ether oxygens (including phenoxy) is 1. The highest BCUT2D eigenvalue weighted by atomic mass is 32.1. The van der Waals surface area contributed by atoms with Gasteiger partial charge in [-0.05, 0) is 25.9 Å². The summed E-state index contributed by atoms with van der Waals surface area (Å²) in [4.78, 5) is 4.44. The van der Waals surface area contributed by atoms with E-state index in [-0.39, 0.29) is 5.41 Å². The molecule has 5 nitrogen and oxygen atoms in total. The Hall–Kier alpha value is -0.720. The number of anilines is 1. The zero-order valence-electron chi connectivity index (χ0n) is 11.2. The molecule has 2 rings (SSSR count). The lowest BCUT2D eigenvalue weighted by Gasteiger charge is -2.37. The molecule has 1 aliphatic rings. The molecule has 2 N–H and O–H groups in total. The van der Waals surface area contributed by atoms with Crippen LogP contribution in [-0.2, 0) is 11.2 Å². The standard InChI is InChI=1S/C12H22N4OS/c1-3-10-15-11(18-16-10)14-8-12(9-17-2)4-6-13-7-5-12/h13H,3-9H2,1-2H3,(H,14,15,16). The third-order valence-corrected chi connectivity index (χ3v) is 4.22. The Morgan fingerprint density at radius 2 is 2.22 bits per heavy atom. The number of rotatable bonds is 6. The smallest absolute Gasteiger partial charge is 0.202 e. The van der Waals surface area contributed by atoms with Gasteiger partial charge in [-0.25, -0.2) is 4.98 Å². The second-order valence-electron chi connectivity index (χ2n) is 4.91. The topological polar surface area (TPSA) is 59.1 Å². The number of aryl methyl sites for hydroxylation is 1. The average molecular weight is 270 g/mol. The number of piperidine rings is 1. The van der Waals surface area contributed by atoms with Crippen LogP contribution >= 0.6 is 11.5 Å². The molecule has 1 aliphatic heterocycles. The molecule has 0 atom stereocenters. The summed E-state index contributed by atoms with van der Waals surface area (Å²) < 4.78 is 9.69. The molecule has 0 amide bonds. The molecule has 0 radical (unpaired) electrons. The van der Waals surface area contributed by atoms with Crippen molar-refractivity contribution in [2.45, 2.75) is 26.2 Å². The minimum absolute atomic E-state index is 0.234. The van der Waals surface area contributed by atoms with Gasteiger partial charge in [-0.15, -0.1) is 0 Å². The third kappa shape index (κ3) is 3.40. The summed E-state index contributed by atoms with van der Waals surface area (Å²) in [5.74, 6) is 0.925. The van der Waals surface area contributed by atoms with Gasteiger partial charge >= 0.3 is 0 Å². The van der Waals surface area contributed by atoms with Crippen molar-refractivity contribution < 1.29 is 4.74 Å². The molecule has 1 fully saturated rings. The molecule has 0 aromatic carbocycles. The second kappa shape index (κ2) is 6.45. The Labute approximate surface area is 113 Å². The van der Waals surface area contributed by atoms with Gasteiger partial charge in [0, 0.05) is 37.0 Å². The minimum Gasteiger partial charge on any atom is -0.384 e. The predicted octanol–water partition coefficient (Wildman–Crippen LogP) is 1.53. The molecule has 2 heterocycles. The fraction of sp³-hybridized carbons (Fsp3) is 0.833. The normalized spacial score (nSPS) is 18.8. The molecule has 1 aromatic rings. The van der Waals surface area contributed by atoms with Crippen LogP contribution in [0.5, 0.6) is 0 Å². The van der Waals surface area contributed by atoms with Gasteiger partial charge in [0.1, 0.15) is 5.82 Å². The summed E-state index contributed by atoms with van der Waals surface area (Å²) in [7, 11) is 1.78. The van der Waals surface area contributed by atoms with E-state index in [1.807, 2.05) is 0 Å². The molecule has 0 saturated carbocycles. The van der Waals surface area contributed by atoms with Crippen LogP contribution in [0.2, 0.25) is 0 Å². The molecule has 1 aromatic heterocycles. The largest absolute Gasteiger partial charge is 0.384 e. The van der Waals surface area contributed by atoms with Crippen molar-refractivity contribution in [1.29, 1.82) is 0 Å². The van der Waals surface area contributed by atoms with Crippen LogP contribution in [0, 0.1) is 5.41 Å². The predicted molar refractivity (Wildman–Crippen MR) is 74.2 cm³/mol. The first kappa shape index (κ1) is 13.7. The van der Waals surface area contributed by atoms with Crippen molar-refractivity contribution in [3.63, 3.8) is 0 Å². The molecule has 0 bridgehead atoms. The monoisotopic (exact) mass is 270 g/mol. The second-order valence-corrected chi connectivity index (χ2v) is 5.66. The molecular weight excluding hydrogens is 248 g/mol. The molecule has 0 unspecified atom stereocenters. The summed E-state index contributed by atoms with van der Waals surface area (Å²) in [6, 6.07) is 0. The van der Waals surface area contributed by atoms with Gasteiger partial charge in [-0.3, -0.25) is 0 Å². The number of hydrogen-bond donors (Lipinski definition) is 2. The van der Waals surface area contributed by atoms with Gasteiger partial charge in [0.25, 0.3) is 0 Å². The van der Waals surface area contributed by atoms with Crippen molar-refractivity contribution in [2.24, 2.45) is 5.41 Å². The van der Waals surface area contributed by atoms with Crippen molar-refractivity contribution >= 4 is 16.7 Å². The lowest BCUT2D eigenvalue weighted by atomic mass is 9.79. The van der Waals surface area contributed by atoms with E-state index in [0.717, 1.165) is 56.5 Å². The van der Waals surface area contributed by atoms with Gasteiger partial charge in [0.2, 0.25) is 5.13 Å². The molecule has 18 heavy (non-hydrogen) atoms. The Morgan fingerprint density at radius 1 is 1.44 bits per heavy atom. The van der Waals surface area contributed by atoms with Crippen LogP contribution in [0.25, 0.3) is 0 Å². The molecular formula is C12H22N4OS. The summed E-state index contributed by atoms with van der Waals surface area (Å²) in [5.41, 5.74) is 0.234. The number of nitrogens with one attached hydrogen (secondary N) is 2. The van der Waals surface area contributed by atoms with Gasteiger partial charge in [-0.1, -0.05) is 6.92 Å². The van der Waals surface area contributed by atoms with Crippen LogP contribution in [0.4, 0.5) is 5.13 Å². The molecule has 6 heteroatoms. The zero-order chi connectivity index (χ0) is 12.8. The van der Waals surface area contributed by atoms with Crippen LogP contribution in [-0.4, -0.2) is 42.7 Å². The van der Waals surface area contributed by atoms with E-state index < -0.39 is 0 Å². The number of aromatic nitrogens is 2. The zero-order valence-corrected chi connectivity index (χ0v) is 12.0. The highest BCUT2D eigenvalue weighted by Crippen LogP contribution is 2.29. The quantitative estimate of drug-likeness (QED) is 0.821. The number of hydrogen-bond acceptors (Lipinski definition) is 6. The van der Waals surface area contributed by atoms with Crippen LogP contribution in [0.15, 0.2) is 0 Å². The van der Waals surface area contributed by atoms with E-state index in [0.29, 0.717) is 0 Å². The van der Waals surface area contributed by atoms with Gasteiger partial charge in [0.15, 0.2) is 0 Å². The first-order valence-corrected chi connectivity index (χ1v) is 7.31. The summed E-state index contributed by atoms with van der Waals surface area (Å²) in [6.45, 7) is 5.94. The van der Waals surface area contributed by atoms with Crippen LogP contribution in [0.3, 0.4) is 0 Å². The third-order valence-electron chi connectivity index (χ3n) is 3.51. The van der Waals surface area contributed by atoms with E-state index in [1.54, 1.807) is 7.11 Å². The van der Waals surface area contributed by atoms with Crippen molar-refractivity contribution in [3.8, 4) is 0 Å². The maximum atomic E-state index is 5.40. The molecule has 0 aliphatic carbocycles. The average Bonchev–Trinajstić information content (AvgIpc) is 2.86. The highest BCUT2D eigenvalue weighted by molar-refractivity contribution is 7.09. The van der Waals surface area contributed by atoms with Gasteiger partial charge < -0.3 is 15.4 Å².